The average molecular weight is 350 g/mol. The molecular weight excluding hydrogens is 336 g/mol. The lowest BCUT2D eigenvalue weighted by Gasteiger charge is -2.06. The molecule has 0 unspecified atom stereocenters. The van der Waals surface area contributed by atoms with Crippen molar-refractivity contribution in [2.45, 2.75) is 12.8 Å². The van der Waals surface area contributed by atoms with Gasteiger partial charge in [-0.25, -0.2) is 0 Å². The normalized spacial score (nSPS) is 10.2. The zero-order valence-electron chi connectivity index (χ0n) is 8.80. The van der Waals surface area contributed by atoms with Crippen molar-refractivity contribution in [3.05, 3.63) is 32.7 Å². The second kappa shape index (κ2) is 7.04. The Hall–Kier alpha value is -0.390. The minimum absolute atomic E-state index is 0.0646. The Kier molecular flexibility index (Phi) is 6.01. The van der Waals surface area contributed by atoms with Crippen molar-refractivity contribution >= 4 is 37.8 Å². The van der Waals surface area contributed by atoms with Crippen molar-refractivity contribution < 1.29 is 4.79 Å². The molecule has 88 valence electrons. The first-order chi connectivity index (χ1) is 7.65. The van der Waals surface area contributed by atoms with Crippen molar-refractivity contribution in [1.82, 2.24) is 5.32 Å². The van der Waals surface area contributed by atoms with Gasteiger partial charge < -0.3 is 11.1 Å². The summed E-state index contributed by atoms with van der Waals surface area (Å²) in [5, 5.41) is 2.86. The van der Waals surface area contributed by atoms with Gasteiger partial charge in [-0.1, -0.05) is 15.9 Å². The molecule has 0 aliphatic carbocycles. The van der Waals surface area contributed by atoms with E-state index in [1.807, 2.05) is 12.1 Å². The van der Waals surface area contributed by atoms with Crippen LogP contribution in [-0.4, -0.2) is 19.0 Å². The molecule has 0 atom stereocenters. The Labute approximate surface area is 112 Å². The molecule has 0 radical (unpaired) electrons. The highest BCUT2D eigenvalue weighted by Crippen LogP contribution is 2.21. The zero-order valence-corrected chi connectivity index (χ0v) is 12.0. The molecule has 0 spiro atoms. The molecule has 16 heavy (non-hydrogen) atoms. The maximum atomic E-state index is 11.8. The van der Waals surface area contributed by atoms with Crippen LogP contribution in [0.25, 0.3) is 0 Å². The fourth-order valence-electron chi connectivity index (χ4n) is 1.24. The van der Waals surface area contributed by atoms with Crippen LogP contribution in [0.15, 0.2) is 27.1 Å². The van der Waals surface area contributed by atoms with Crippen LogP contribution in [0.2, 0.25) is 0 Å². The van der Waals surface area contributed by atoms with Crippen LogP contribution in [0.1, 0.15) is 23.2 Å². The number of carbonyl (C=O) groups excluding carboxylic acids is 1. The fraction of sp³-hybridized carbons (Fsp3) is 0.364. The van der Waals surface area contributed by atoms with Gasteiger partial charge in [0.2, 0.25) is 0 Å². The third kappa shape index (κ3) is 4.23. The van der Waals surface area contributed by atoms with Crippen LogP contribution in [0, 0.1) is 0 Å². The smallest absolute Gasteiger partial charge is 0.252 e. The number of unbranched alkanes of at least 4 members (excludes halogenated alkanes) is 1. The highest BCUT2D eigenvalue weighted by atomic mass is 79.9. The molecule has 1 aromatic rings. The molecule has 0 aliphatic heterocycles. The summed E-state index contributed by atoms with van der Waals surface area (Å²) in [6.45, 7) is 1.32. The first kappa shape index (κ1) is 13.7. The quantitative estimate of drug-likeness (QED) is 0.803. The number of benzene rings is 1. The summed E-state index contributed by atoms with van der Waals surface area (Å²) in [5.74, 6) is -0.0646. The molecule has 0 saturated heterocycles. The molecule has 0 saturated carbocycles. The van der Waals surface area contributed by atoms with Gasteiger partial charge in [0.15, 0.2) is 0 Å². The lowest BCUT2D eigenvalue weighted by molar-refractivity contribution is 0.0952. The van der Waals surface area contributed by atoms with Gasteiger partial charge >= 0.3 is 0 Å². The number of nitrogens with one attached hydrogen (secondary N) is 1. The van der Waals surface area contributed by atoms with E-state index in [1.54, 1.807) is 6.07 Å². The lowest BCUT2D eigenvalue weighted by atomic mass is 10.2. The number of amides is 1. The van der Waals surface area contributed by atoms with E-state index in [-0.39, 0.29) is 5.91 Å². The third-order valence-electron chi connectivity index (χ3n) is 2.09. The highest BCUT2D eigenvalue weighted by molar-refractivity contribution is 9.11. The largest absolute Gasteiger partial charge is 0.352 e. The predicted molar refractivity (Wildman–Crippen MR) is 72.5 cm³/mol. The molecule has 1 amide bonds. The standard InChI is InChI=1S/C11H14Br2N2O/c12-8-3-4-10(13)9(7-8)11(16)15-6-2-1-5-14/h3-4,7H,1-2,5-6,14H2,(H,15,16). The Bertz CT molecular complexity index is 369. The molecule has 0 heterocycles. The molecule has 3 nitrogen and oxygen atoms in total. The fourth-order valence-corrected chi connectivity index (χ4v) is 2.03. The summed E-state index contributed by atoms with van der Waals surface area (Å²) in [4.78, 5) is 11.8. The predicted octanol–water partition coefficient (Wildman–Crippen LogP) is 2.68. The first-order valence-electron chi connectivity index (χ1n) is 5.08. The SMILES string of the molecule is NCCCCNC(=O)c1cc(Br)ccc1Br. The second-order valence-electron chi connectivity index (χ2n) is 3.38. The maximum absolute atomic E-state index is 11.8. The number of hydrogen-bond acceptors (Lipinski definition) is 2. The molecule has 5 heteroatoms. The minimum atomic E-state index is -0.0646. The van der Waals surface area contributed by atoms with Gasteiger partial charge in [-0.3, -0.25) is 4.79 Å². The monoisotopic (exact) mass is 348 g/mol. The van der Waals surface area contributed by atoms with Crippen LogP contribution in [0.5, 0.6) is 0 Å². The van der Waals surface area contributed by atoms with Gasteiger partial charge in [0, 0.05) is 15.5 Å². The van der Waals surface area contributed by atoms with Gasteiger partial charge in [0.1, 0.15) is 0 Å². The number of rotatable bonds is 5. The van der Waals surface area contributed by atoms with Crippen molar-refractivity contribution in [1.29, 1.82) is 0 Å². The summed E-state index contributed by atoms with van der Waals surface area (Å²) in [5.41, 5.74) is 6.01. The van der Waals surface area contributed by atoms with Crippen LogP contribution in [-0.2, 0) is 0 Å². The molecule has 3 N–H and O–H groups in total. The summed E-state index contributed by atoms with van der Waals surface area (Å²) in [6.07, 6.45) is 1.84. The number of hydrogen-bond donors (Lipinski definition) is 2. The molecular formula is C11H14Br2N2O. The highest BCUT2D eigenvalue weighted by Gasteiger charge is 2.09. The number of carbonyl (C=O) groups is 1. The Morgan fingerprint density at radius 1 is 1.31 bits per heavy atom. The van der Waals surface area contributed by atoms with Crippen LogP contribution < -0.4 is 11.1 Å². The van der Waals surface area contributed by atoms with E-state index < -0.39 is 0 Å². The van der Waals surface area contributed by atoms with E-state index in [2.05, 4.69) is 37.2 Å². The van der Waals surface area contributed by atoms with Gasteiger partial charge in [-0.05, 0) is 53.5 Å². The van der Waals surface area contributed by atoms with E-state index in [0.717, 1.165) is 21.8 Å². The summed E-state index contributed by atoms with van der Waals surface area (Å²) in [7, 11) is 0. The summed E-state index contributed by atoms with van der Waals surface area (Å²) < 4.78 is 1.69. The van der Waals surface area contributed by atoms with Crippen LogP contribution in [0.3, 0.4) is 0 Å². The Morgan fingerprint density at radius 3 is 2.75 bits per heavy atom. The van der Waals surface area contributed by atoms with E-state index in [0.29, 0.717) is 18.7 Å². The topological polar surface area (TPSA) is 55.1 Å². The van der Waals surface area contributed by atoms with Crippen molar-refractivity contribution in [2.75, 3.05) is 13.1 Å². The molecule has 1 rings (SSSR count). The van der Waals surface area contributed by atoms with Crippen molar-refractivity contribution in [2.24, 2.45) is 5.73 Å². The summed E-state index contributed by atoms with van der Waals surface area (Å²) in [6, 6.07) is 5.52. The molecule has 1 aromatic carbocycles. The van der Waals surface area contributed by atoms with Crippen LogP contribution >= 0.6 is 31.9 Å². The lowest BCUT2D eigenvalue weighted by Crippen LogP contribution is -2.25. The van der Waals surface area contributed by atoms with Crippen molar-refractivity contribution in [3.8, 4) is 0 Å². The zero-order chi connectivity index (χ0) is 12.0. The molecule has 0 fully saturated rings. The molecule has 0 aromatic heterocycles. The van der Waals surface area contributed by atoms with Crippen molar-refractivity contribution in [3.63, 3.8) is 0 Å². The van der Waals surface area contributed by atoms with Gasteiger partial charge in [0.25, 0.3) is 5.91 Å². The second-order valence-corrected chi connectivity index (χ2v) is 5.15. The third-order valence-corrected chi connectivity index (χ3v) is 3.27. The number of nitrogens with two attached hydrogens (primary N) is 1. The van der Waals surface area contributed by atoms with E-state index in [4.69, 9.17) is 5.73 Å². The van der Waals surface area contributed by atoms with E-state index in [1.165, 1.54) is 0 Å². The maximum Gasteiger partial charge on any atom is 0.252 e. The Balaban J connectivity index is 2.55. The van der Waals surface area contributed by atoms with Crippen LogP contribution in [0.4, 0.5) is 0 Å². The van der Waals surface area contributed by atoms with Gasteiger partial charge in [0.05, 0.1) is 5.56 Å². The summed E-state index contributed by atoms with van der Waals surface area (Å²) >= 11 is 6.69. The average Bonchev–Trinajstić information content (AvgIpc) is 2.27. The Morgan fingerprint density at radius 2 is 2.06 bits per heavy atom. The van der Waals surface area contributed by atoms with E-state index in [9.17, 15) is 4.79 Å². The molecule has 0 bridgehead atoms. The number of halogens is 2. The molecule has 0 aliphatic rings. The van der Waals surface area contributed by atoms with Gasteiger partial charge in [-0.2, -0.15) is 0 Å². The minimum Gasteiger partial charge on any atom is -0.352 e. The van der Waals surface area contributed by atoms with E-state index >= 15 is 0 Å². The van der Waals surface area contributed by atoms with Gasteiger partial charge in [-0.15, -0.1) is 0 Å². The first-order valence-corrected chi connectivity index (χ1v) is 6.67.